The molecule has 0 fully saturated rings. The van der Waals surface area contributed by atoms with E-state index in [-0.39, 0.29) is 11.8 Å². The number of rotatable bonds is 3. The third-order valence-electron chi connectivity index (χ3n) is 2.32. The monoisotopic (exact) mass is 225 g/mol. The minimum absolute atomic E-state index is 0.121. The molecule has 1 aromatic rings. The fraction of sp³-hybridized carbons (Fsp3) is 0.273. The lowest BCUT2D eigenvalue weighted by molar-refractivity contribution is 0.314. The molecule has 2 rings (SSSR count). The van der Waals surface area contributed by atoms with E-state index < -0.39 is 0 Å². The first kappa shape index (κ1) is 10.3. The maximum absolute atomic E-state index is 9.27. The van der Waals surface area contributed by atoms with Crippen molar-refractivity contribution in [3.05, 3.63) is 35.4 Å². The van der Waals surface area contributed by atoms with E-state index >= 15 is 0 Å². The third kappa shape index (κ3) is 2.25. The second-order valence-electron chi connectivity index (χ2n) is 3.48. The SMILES string of the molecule is C=C(Cl)CNC1COc2cc(O)ccc21. The van der Waals surface area contributed by atoms with E-state index in [2.05, 4.69) is 11.9 Å². The van der Waals surface area contributed by atoms with Crippen LogP contribution in [0.1, 0.15) is 11.6 Å². The first-order valence-electron chi connectivity index (χ1n) is 4.69. The van der Waals surface area contributed by atoms with E-state index in [0.717, 1.165) is 11.3 Å². The van der Waals surface area contributed by atoms with Crippen LogP contribution in [-0.2, 0) is 0 Å². The number of phenolic OH excluding ortho intramolecular Hbond substituents is 1. The van der Waals surface area contributed by atoms with Gasteiger partial charge in [-0.1, -0.05) is 18.2 Å². The highest BCUT2D eigenvalue weighted by molar-refractivity contribution is 6.29. The largest absolute Gasteiger partial charge is 0.508 e. The molecule has 4 heteroatoms. The molecule has 0 spiro atoms. The quantitative estimate of drug-likeness (QED) is 0.829. The van der Waals surface area contributed by atoms with Crippen molar-refractivity contribution in [2.75, 3.05) is 13.2 Å². The maximum atomic E-state index is 9.27. The molecule has 1 aliphatic heterocycles. The summed E-state index contributed by atoms with van der Waals surface area (Å²) in [4.78, 5) is 0. The summed E-state index contributed by atoms with van der Waals surface area (Å²) in [6.45, 7) is 4.72. The van der Waals surface area contributed by atoms with E-state index in [1.807, 2.05) is 6.07 Å². The second-order valence-corrected chi connectivity index (χ2v) is 4.02. The second kappa shape index (κ2) is 4.13. The van der Waals surface area contributed by atoms with Crippen LogP contribution in [0.15, 0.2) is 29.8 Å². The number of nitrogens with one attached hydrogen (secondary N) is 1. The molecule has 1 atom stereocenters. The van der Waals surface area contributed by atoms with Gasteiger partial charge in [0.25, 0.3) is 0 Å². The van der Waals surface area contributed by atoms with Crippen LogP contribution >= 0.6 is 11.6 Å². The number of hydrogen-bond acceptors (Lipinski definition) is 3. The Labute approximate surface area is 93.3 Å². The van der Waals surface area contributed by atoms with E-state index in [9.17, 15) is 5.11 Å². The number of phenols is 1. The topological polar surface area (TPSA) is 41.5 Å². The molecule has 1 aliphatic rings. The summed E-state index contributed by atoms with van der Waals surface area (Å²) in [5.74, 6) is 0.948. The lowest BCUT2D eigenvalue weighted by atomic mass is 10.1. The highest BCUT2D eigenvalue weighted by Gasteiger charge is 2.23. The first-order chi connectivity index (χ1) is 7.16. The number of aromatic hydroxyl groups is 1. The van der Waals surface area contributed by atoms with Crippen molar-refractivity contribution in [1.82, 2.24) is 5.32 Å². The molecule has 0 aliphatic carbocycles. The molecule has 0 amide bonds. The number of fused-ring (bicyclic) bond motifs is 1. The molecule has 1 aromatic carbocycles. The predicted molar refractivity (Wildman–Crippen MR) is 59.3 cm³/mol. The summed E-state index contributed by atoms with van der Waals surface area (Å²) in [5, 5.41) is 13.1. The fourth-order valence-electron chi connectivity index (χ4n) is 1.60. The summed E-state index contributed by atoms with van der Waals surface area (Å²) in [6, 6.07) is 5.24. The highest BCUT2D eigenvalue weighted by atomic mass is 35.5. The number of ether oxygens (including phenoxy) is 1. The van der Waals surface area contributed by atoms with Gasteiger partial charge < -0.3 is 15.2 Å². The molecule has 0 bridgehead atoms. The van der Waals surface area contributed by atoms with Crippen LogP contribution in [0.2, 0.25) is 0 Å². The molecule has 0 saturated carbocycles. The minimum atomic E-state index is 0.121. The van der Waals surface area contributed by atoms with Gasteiger partial charge in [0.15, 0.2) is 0 Å². The van der Waals surface area contributed by atoms with Gasteiger partial charge in [-0.05, 0) is 12.1 Å². The normalized spacial score (nSPS) is 18.3. The Bertz CT molecular complexity index is 392. The zero-order chi connectivity index (χ0) is 10.8. The predicted octanol–water partition coefficient (Wildman–Crippen LogP) is 2.17. The first-order valence-corrected chi connectivity index (χ1v) is 5.07. The van der Waals surface area contributed by atoms with E-state index in [1.54, 1.807) is 12.1 Å². The van der Waals surface area contributed by atoms with Gasteiger partial charge in [0.1, 0.15) is 18.1 Å². The van der Waals surface area contributed by atoms with Crippen molar-refractivity contribution < 1.29 is 9.84 Å². The van der Waals surface area contributed by atoms with E-state index in [1.165, 1.54) is 0 Å². The molecular weight excluding hydrogens is 214 g/mol. The highest BCUT2D eigenvalue weighted by Crippen LogP contribution is 2.34. The summed E-state index contributed by atoms with van der Waals surface area (Å²) in [7, 11) is 0. The Hall–Kier alpha value is -1.19. The van der Waals surface area contributed by atoms with Gasteiger partial charge in [0.05, 0.1) is 6.04 Å². The molecule has 0 saturated heterocycles. The molecule has 0 radical (unpaired) electrons. The molecule has 1 heterocycles. The Balaban J connectivity index is 2.11. The van der Waals surface area contributed by atoms with Gasteiger partial charge in [0, 0.05) is 23.2 Å². The van der Waals surface area contributed by atoms with Gasteiger partial charge in [-0.15, -0.1) is 0 Å². The van der Waals surface area contributed by atoms with Crippen LogP contribution < -0.4 is 10.1 Å². The Morgan fingerprint density at radius 1 is 1.67 bits per heavy atom. The molecule has 1 unspecified atom stereocenters. The third-order valence-corrected chi connectivity index (χ3v) is 2.45. The van der Waals surface area contributed by atoms with Crippen molar-refractivity contribution >= 4 is 11.6 Å². The van der Waals surface area contributed by atoms with Crippen molar-refractivity contribution in [3.8, 4) is 11.5 Å². The fourth-order valence-corrected chi connectivity index (χ4v) is 1.68. The Morgan fingerprint density at radius 2 is 2.47 bits per heavy atom. The molecular formula is C11H12ClNO2. The van der Waals surface area contributed by atoms with Gasteiger partial charge >= 0.3 is 0 Å². The summed E-state index contributed by atoms with van der Waals surface area (Å²) in [6.07, 6.45) is 0. The van der Waals surface area contributed by atoms with Crippen LogP contribution in [0.5, 0.6) is 11.5 Å². The molecule has 80 valence electrons. The maximum Gasteiger partial charge on any atom is 0.127 e. The van der Waals surface area contributed by atoms with Crippen molar-refractivity contribution in [1.29, 1.82) is 0 Å². The molecule has 0 aromatic heterocycles. The van der Waals surface area contributed by atoms with Crippen molar-refractivity contribution in [2.45, 2.75) is 6.04 Å². The average molecular weight is 226 g/mol. The Morgan fingerprint density at radius 3 is 3.20 bits per heavy atom. The minimum Gasteiger partial charge on any atom is -0.508 e. The number of benzene rings is 1. The summed E-state index contributed by atoms with van der Waals surface area (Å²) < 4.78 is 5.43. The number of hydrogen-bond donors (Lipinski definition) is 2. The molecule has 3 nitrogen and oxygen atoms in total. The van der Waals surface area contributed by atoms with Crippen molar-refractivity contribution in [3.63, 3.8) is 0 Å². The molecule has 2 N–H and O–H groups in total. The van der Waals surface area contributed by atoms with Crippen molar-refractivity contribution in [2.24, 2.45) is 0 Å². The van der Waals surface area contributed by atoms with Crippen LogP contribution in [0.4, 0.5) is 0 Å². The summed E-state index contributed by atoms with van der Waals surface area (Å²) >= 11 is 5.67. The summed E-state index contributed by atoms with van der Waals surface area (Å²) in [5.41, 5.74) is 1.05. The lowest BCUT2D eigenvalue weighted by Crippen LogP contribution is -2.23. The lowest BCUT2D eigenvalue weighted by Gasteiger charge is -2.10. The van der Waals surface area contributed by atoms with Gasteiger partial charge in [-0.2, -0.15) is 0 Å². The van der Waals surface area contributed by atoms with Crippen LogP contribution in [0.25, 0.3) is 0 Å². The van der Waals surface area contributed by atoms with Gasteiger partial charge in [0.2, 0.25) is 0 Å². The van der Waals surface area contributed by atoms with E-state index in [4.69, 9.17) is 16.3 Å². The van der Waals surface area contributed by atoms with Gasteiger partial charge in [-0.3, -0.25) is 0 Å². The van der Waals surface area contributed by atoms with Gasteiger partial charge in [-0.25, -0.2) is 0 Å². The standard InChI is InChI=1S/C11H12ClNO2/c1-7(12)5-13-10-6-15-11-4-8(14)2-3-9(10)11/h2-4,10,13-14H,1,5-6H2. The molecule has 15 heavy (non-hydrogen) atoms. The van der Waals surface area contributed by atoms with Crippen LogP contribution in [0, 0.1) is 0 Å². The average Bonchev–Trinajstić information content (AvgIpc) is 2.57. The Kier molecular flexibility index (Phi) is 2.84. The van der Waals surface area contributed by atoms with E-state index in [0.29, 0.717) is 18.2 Å². The smallest absolute Gasteiger partial charge is 0.127 e. The zero-order valence-electron chi connectivity index (χ0n) is 8.16. The zero-order valence-corrected chi connectivity index (χ0v) is 8.92. The van der Waals surface area contributed by atoms with Crippen LogP contribution in [0.3, 0.4) is 0 Å². The van der Waals surface area contributed by atoms with Crippen LogP contribution in [-0.4, -0.2) is 18.3 Å². The number of halogens is 1.